The number of nitrogens with zero attached hydrogens (tertiary/aromatic N) is 3. The van der Waals surface area contributed by atoms with E-state index in [4.69, 9.17) is 0 Å². The number of anilines is 1. The zero-order valence-electron chi connectivity index (χ0n) is 20.3. The quantitative estimate of drug-likeness (QED) is 0.264. The average molecular weight is 531 g/mol. The molecule has 1 amide bonds. The normalized spacial score (nSPS) is 13.5. The van der Waals surface area contributed by atoms with Crippen LogP contribution in [0.4, 0.5) is 5.69 Å². The number of sulfonamides is 1. The number of aromatic nitrogens is 2. The Bertz CT molecular complexity index is 1540. The molecule has 0 aliphatic carbocycles. The van der Waals surface area contributed by atoms with E-state index >= 15 is 0 Å². The monoisotopic (exact) mass is 530 g/mol. The van der Waals surface area contributed by atoms with Gasteiger partial charge in [0.1, 0.15) is 4.90 Å². The van der Waals surface area contributed by atoms with Crippen LogP contribution in [-0.2, 0) is 27.8 Å². The number of para-hydroxylation sites is 1. The number of carbonyl (C=O) groups excluding carboxylic acids is 1. The van der Waals surface area contributed by atoms with Gasteiger partial charge in [0.25, 0.3) is 10.0 Å². The minimum atomic E-state index is -3.87. The van der Waals surface area contributed by atoms with Crippen molar-refractivity contribution in [1.82, 2.24) is 15.3 Å². The molecular formula is C28H26N4O3S2. The lowest BCUT2D eigenvalue weighted by molar-refractivity contribution is -0.118. The highest BCUT2D eigenvalue weighted by Gasteiger charge is 2.36. The highest BCUT2D eigenvalue weighted by Crippen LogP contribution is 2.42. The van der Waals surface area contributed by atoms with Gasteiger partial charge in [-0.2, -0.15) is 0 Å². The van der Waals surface area contributed by atoms with Crippen LogP contribution in [-0.4, -0.2) is 36.6 Å². The first-order valence-corrected chi connectivity index (χ1v) is 14.3. The highest BCUT2D eigenvalue weighted by molar-refractivity contribution is 7.99. The fourth-order valence-electron chi connectivity index (χ4n) is 4.26. The van der Waals surface area contributed by atoms with Crippen LogP contribution in [0.5, 0.6) is 0 Å². The molecule has 188 valence electrons. The van der Waals surface area contributed by atoms with E-state index in [1.165, 1.54) is 22.3 Å². The van der Waals surface area contributed by atoms with Crippen LogP contribution in [0.2, 0.25) is 0 Å². The van der Waals surface area contributed by atoms with Gasteiger partial charge < -0.3 is 5.32 Å². The lowest BCUT2D eigenvalue weighted by atomic mass is 10.1. The second kappa shape index (κ2) is 10.7. The molecule has 0 saturated heterocycles. The van der Waals surface area contributed by atoms with E-state index in [9.17, 15) is 13.2 Å². The molecule has 5 rings (SSSR count). The molecule has 3 aromatic carbocycles. The largest absolute Gasteiger partial charge is 0.355 e. The molecule has 0 radical (unpaired) electrons. The van der Waals surface area contributed by atoms with Crippen LogP contribution in [0.3, 0.4) is 0 Å². The van der Waals surface area contributed by atoms with Gasteiger partial charge in [-0.05, 0) is 30.5 Å². The molecule has 7 nitrogen and oxygen atoms in total. The number of thioether (sulfide) groups is 1. The summed E-state index contributed by atoms with van der Waals surface area (Å²) in [6.45, 7) is 2.73. The molecule has 4 aromatic rings. The summed E-state index contributed by atoms with van der Waals surface area (Å²) in [5, 5.41) is 3.26. The van der Waals surface area contributed by atoms with Crippen LogP contribution >= 0.6 is 11.8 Å². The molecule has 1 aliphatic rings. The van der Waals surface area contributed by atoms with Gasteiger partial charge in [0.2, 0.25) is 5.91 Å². The predicted octanol–water partition coefficient (Wildman–Crippen LogP) is 4.61. The second-order valence-electron chi connectivity index (χ2n) is 8.76. The Hall–Kier alpha value is -3.69. The summed E-state index contributed by atoms with van der Waals surface area (Å²) >= 11 is 1.18. The van der Waals surface area contributed by atoms with E-state index < -0.39 is 10.0 Å². The molecule has 0 spiro atoms. The third kappa shape index (κ3) is 5.52. The molecule has 2 heterocycles. The SMILES string of the molecule is Cc1cccc(CN2c3ccccc3-c3nc(SCC(=O)NCCc4ccccc4)ncc3S2(=O)=O)c1. The average Bonchev–Trinajstić information content (AvgIpc) is 2.90. The second-order valence-corrected chi connectivity index (χ2v) is 11.5. The first-order chi connectivity index (χ1) is 17.9. The summed E-state index contributed by atoms with van der Waals surface area (Å²) in [6.07, 6.45) is 2.10. The van der Waals surface area contributed by atoms with Crippen LogP contribution in [0.25, 0.3) is 11.3 Å². The standard InChI is InChI=1S/C28H26N4O3S2/c1-20-8-7-11-22(16-20)18-32-24-13-6-5-12-23(24)27-25(37(32,34)35)17-30-28(31-27)36-19-26(33)29-15-14-21-9-3-2-4-10-21/h2-13,16-17H,14-15,18-19H2,1H3,(H,29,33). The maximum absolute atomic E-state index is 13.6. The van der Waals surface area contributed by atoms with E-state index in [1.807, 2.05) is 79.7 Å². The molecule has 9 heteroatoms. The maximum Gasteiger partial charge on any atom is 0.268 e. The summed E-state index contributed by atoms with van der Waals surface area (Å²) in [7, 11) is -3.87. The summed E-state index contributed by atoms with van der Waals surface area (Å²) in [6, 6.07) is 25.1. The number of benzene rings is 3. The fraction of sp³-hybridized carbons (Fsp3) is 0.179. The third-order valence-electron chi connectivity index (χ3n) is 6.05. The lowest BCUT2D eigenvalue weighted by Crippen LogP contribution is -2.34. The first kappa shape index (κ1) is 25.0. The van der Waals surface area contributed by atoms with Crippen LogP contribution in [0, 0.1) is 6.92 Å². The molecule has 1 aromatic heterocycles. The summed E-state index contributed by atoms with van der Waals surface area (Å²) in [5.74, 6) is 0.0150. The van der Waals surface area contributed by atoms with Crippen molar-refractivity contribution in [2.75, 3.05) is 16.6 Å². The number of rotatable bonds is 8. The topological polar surface area (TPSA) is 92.3 Å². The number of fused-ring (bicyclic) bond motifs is 3. The van der Waals surface area contributed by atoms with E-state index in [-0.39, 0.29) is 23.1 Å². The van der Waals surface area contributed by atoms with Gasteiger partial charge in [-0.3, -0.25) is 9.10 Å². The molecule has 0 fully saturated rings. The van der Waals surface area contributed by atoms with Crippen LogP contribution in [0.1, 0.15) is 16.7 Å². The number of aryl methyl sites for hydroxylation is 1. The Morgan fingerprint density at radius 2 is 1.73 bits per heavy atom. The molecule has 0 unspecified atom stereocenters. The summed E-state index contributed by atoms with van der Waals surface area (Å²) < 4.78 is 28.7. The number of carbonyl (C=O) groups is 1. The molecule has 0 saturated carbocycles. The molecule has 1 N–H and O–H groups in total. The van der Waals surface area contributed by atoms with Crippen molar-refractivity contribution in [3.05, 3.63) is 102 Å². The Labute approximate surface area is 221 Å². The molecule has 37 heavy (non-hydrogen) atoms. The van der Waals surface area contributed by atoms with Gasteiger partial charge in [0.15, 0.2) is 5.16 Å². The molecule has 0 bridgehead atoms. The van der Waals surface area contributed by atoms with Crippen molar-refractivity contribution in [2.45, 2.75) is 29.9 Å². The van der Waals surface area contributed by atoms with Gasteiger partial charge in [-0.25, -0.2) is 18.4 Å². The minimum absolute atomic E-state index is 0.0653. The molecule has 0 atom stereocenters. The zero-order valence-corrected chi connectivity index (χ0v) is 21.9. The Kier molecular flexibility index (Phi) is 7.25. The zero-order chi connectivity index (χ0) is 25.8. The van der Waals surface area contributed by atoms with Gasteiger partial charge in [-0.1, -0.05) is 90.1 Å². The molecule has 1 aliphatic heterocycles. The van der Waals surface area contributed by atoms with Gasteiger partial charge in [-0.15, -0.1) is 0 Å². The number of amides is 1. The van der Waals surface area contributed by atoms with Crippen molar-refractivity contribution < 1.29 is 13.2 Å². The fourth-order valence-corrected chi connectivity index (χ4v) is 6.47. The van der Waals surface area contributed by atoms with Crippen molar-refractivity contribution in [2.24, 2.45) is 0 Å². The van der Waals surface area contributed by atoms with Crippen molar-refractivity contribution >= 4 is 33.4 Å². The number of hydrogen-bond acceptors (Lipinski definition) is 6. The van der Waals surface area contributed by atoms with Crippen LogP contribution in [0.15, 0.2) is 95.1 Å². The number of nitrogens with one attached hydrogen (secondary N) is 1. The lowest BCUT2D eigenvalue weighted by Gasteiger charge is -2.31. The Morgan fingerprint density at radius 1 is 0.973 bits per heavy atom. The Balaban J connectivity index is 1.33. The van der Waals surface area contributed by atoms with E-state index in [2.05, 4.69) is 15.3 Å². The van der Waals surface area contributed by atoms with Gasteiger partial charge in [0.05, 0.1) is 29.9 Å². The van der Waals surface area contributed by atoms with Crippen LogP contribution < -0.4 is 9.62 Å². The predicted molar refractivity (Wildman–Crippen MR) is 146 cm³/mol. The molecular weight excluding hydrogens is 504 g/mol. The highest BCUT2D eigenvalue weighted by atomic mass is 32.2. The van der Waals surface area contributed by atoms with E-state index in [0.717, 1.165) is 28.7 Å². The van der Waals surface area contributed by atoms with Crippen molar-refractivity contribution in [1.29, 1.82) is 0 Å². The third-order valence-corrected chi connectivity index (χ3v) is 8.67. The number of hydrogen-bond donors (Lipinski definition) is 1. The first-order valence-electron chi connectivity index (χ1n) is 11.9. The van der Waals surface area contributed by atoms with Gasteiger partial charge >= 0.3 is 0 Å². The minimum Gasteiger partial charge on any atom is -0.355 e. The van der Waals surface area contributed by atoms with Gasteiger partial charge in [0, 0.05) is 12.1 Å². The smallest absolute Gasteiger partial charge is 0.268 e. The maximum atomic E-state index is 13.6. The summed E-state index contributed by atoms with van der Waals surface area (Å²) in [5.41, 5.74) is 4.77. The van der Waals surface area contributed by atoms with Crippen molar-refractivity contribution in [3.63, 3.8) is 0 Å². The van der Waals surface area contributed by atoms with E-state index in [0.29, 0.717) is 23.1 Å². The van der Waals surface area contributed by atoms with Crippen molar-refractivity contribution in [3.8, 4) is 11.3 Å². The Morgan fingerprint density at radius 3 is 2.54 bits per heavy atom. The van der Waals surface area contributed by atoms with E-state index in [1.54, 1.807) is 6.07 Å². The summed E-state index contributed by atoms with van der Waals surface area (Å²) in [4.78, 5) is 21.3.